The quantitative estimate of drug-likeness (QED) is 0.195. The van der Waals surface area contributed by atoms with Crippen molar-refractivity contribution in [2.75, 3.05) is 12.0 Å². The number of carboxylic acid groups (broad SMARTS) is 1. The Morgan fingerprint density at radius 1 is 0.971 bits per heavy atom. The van der Waals surface area contributed by atoms with Gasteiger partial charge in [0, 0.05) is 6.42 Å². The first-order chi connectivity index (χ1) is 16.5. The van der Waals surface area contributed by atoms with Gasteiger partial charge in [-0.3, -0.25) is 14.4 Å². The zero-order valence-corrected chi connectivity index (χ0v) is 21.5. The molecule has 0 aliphatic carbocycles. The molecular formula is C24H38N4O6S. The van der Waals surface area contributed by atoms with E-state index in [4.69, 9.17) is 5.73 Å². The Morgan fingerprint density at radius 3 is 2.09 bits per heavy atom. The lowest BCUT2D eigenvalue weighted by atomic mass is 9.98. The Balaban J connectivity index is 3.06. The number of hydrogen-bond acceptors (Lipinski definition) is 7. The second kappa shape index (κ2) is 15.4. The summed E-state index contributed by atoms with van der Waals surface area (Å²) in [6.45, 7) is 5.05. The molecule has 0 aromatic heterocycles. The van der Waals surface area contributed by atoms with Crippen molar-refractivity contribution >= 4 is 35.5 Å². The molecule has 0 fully saturated rings. The van der Waals surface area contributed by atoms with Crippen molar-refractivity contribution in [2.24, 2.45) is 11.7 Å². The number of aliphatic hydroxyl groups excluding tert-OH is 1. The lowest BCUT2D eigenvalue weighted by Crippen LogP contribution is -2.60. The molecule has 10 nitrogen and oxygen atoms in total. The van der Waals surface area contributed by atoms with Crippen LogP contribution in [0.3, 0.4) is 0 Å². The van der Waals surface area contributed by atoms with E-state index in [9.17, 15) is 29.4 Å². The van der Waals surface area contributed by atoms with Gasteiger partial charge < -0.3 is 31.9 Å². The second-order valence-electron chi connectivity index (χ2n) is 8.57. The number of nitrogens with two attached hydrogens (primary N) is 1. The fourth-order valence-electron chi connectivity index (χ4n) is 3.25. The lowest BCUT2D eigenvalue weighted by Gasteiger charge is -2.27. The van der Waals surface area contributed by atoms with Crippen LogP contribution in [0.1, 0.15) is 39.2 Å². The number of aliphatic carboxylic acids is 1. The van der Waals surface area contributed by atoms with Gasteiger partial charge in [0.05, 0.1) is 12.1 Å². The highest BCUT2D eigenvalue weighted by Gasteiger charge is 2.33. The zero-order valence-electron chi connectivity index (χ0n) is 20.7. The van der Waals surface area contributed by atoms with Gasteiger partial charge in [-0.1, -0.05) is 50.6 Å². The average Bonchev–Trinajstić information content (AvgIpc) is 2.83. The zero-order chi connectivity index (χ0) is 26.5. The second-order valence-corrected chi connectivity index (χ2v) is 9.56. The maximum atomic E-state index is 13.2. The topological polar surface area (TPSA) is 171 Å². The fourth-order valence-corrected chi connectivity index (χ4v) is 3.72. The van der Waals surface area contributed by atoms with Gasteiger partial charge in [0.1, 0.15) is 18.1 Å². The molecule has 0 heterocycles. The largest absolute Gasteiger partial charge is 0.480 e. The van der Waals surface area contributed by atoms with E-state index in [1.807, 2.05) is 26.2 Å². The Labute approximate surface area is 210 Å². The van der Waals surface area contributed by atoms with Gasteiger partial charge in [-0.25, -0.2) is 4.79 Å². The van der Waals surface area contributed by atoms with Crippen LogP contribution in [0.25, 0.3) is 0 Å². The number of carbonyl (C=O) groups excluding carboxylic acids is 3. The van der Waals surface area contributed by atoms with Gasteiger partial charge in [-0.05, 0) is 36.8 Å². The molecule has 0 bridgehead atoms. The average molecular weight is 511 g/mol. The molecule has 1 aromatic rings. The van der Waals surface area contributed by atoms with Gasteiger partial charge in [0.2, 0.25) is 17.7 Å². The van der Waals surface area contributed by atoms with E-state index in [1.165, 1.54) is 18.7 Å². The van der Waals surface area contributed by atoms with Crippen molar-refractivity contribution in [3.05, 3.63) is 35.9 Å². The Bertz CT molecular complexity index is 839. The third-order valence-corrected chi connectivity index (χ3v) is 6.41. The number of rotatable bonds is 15. The van der Waals surface area contributed by atoms with Crippen molar-refractivity contribution in [1.82, 2.24) is 16.0 Å². The maximum absolute atomic E-state index is 13.2. The number of hydrogen-bond donors (Lipinski definition) is 6. The highest BCUT2D eigenvalue weighted by molar-refractivity contribution is 7.98. The molecule has 6 atom stereocenters. The van der Waals surface area contributed by atoms with E-state index in [-0.39, 0.29) is 18.8 Å². The van der Waals surface area contributed by atoms with E-state index in [1.54, 1.807) is 24.3 Å². The minimum absolute atomic E-state index is 0.110. The van der Waals surface area contributed by atoms with Crippen LogP contribution in [0, 0.1) is 5.92 Å². The maximum Gasteiger partial charge on any atom is 0.326 e. The van der Waals surface area contributed by atoms with Crippen LogP contribution in [-0.2, 0) is 25.6 Å². The molecule has 7 N–H and O–H groups in total. The van der Waals surface area contributed by atoms with E-state index in [0.717, 1.165) is 5.56 Å². The highest BCUT2D eigenvalue weighted by Crippen LogP contribution is 2.09. The van der Waals surface area contributed by atoms with Crippen LogP contribution in [0.4, 0.5) is 0 Å². The summed E-state index contributed by atoms with van der Waals surface area (Å²) in [5.41, 5.74) is 6.80. The molecule has 0 spiro atoms. The number of carboxylic acids is 1. The third-order valence-electron chi connectivity index (χ3n) is 5.76. The van der Waals surface area contributed by atoms with Gasteiger partial charge >= 0.3 is 5.97 Å². The number of nitrogens with one attached hydrogen (secondary N) is 3. The molecule has 196 valence electrons. The standard InChI is InChI=1S/C24H38N4O6S/c1-5-14(2)19(25)22(31)27-18(13-16-9-7-6-8-10-16)21(30)28-20(15(3)29)23(32)26-17(24(33)34)11-12-35-4/h6-10,14-15,17-20,29H,5,11-13,25H2,1-4H3,(H,26,32)(H,27,31)(H,28,30)(H,33,34). The normalized spacial score (nSPS) is 16.2. The Kier molecular flexibility index (Phi) is 13.4. The van der Waals surface area contributed by atoms with Gasteiger partial charge in [0.15, 0.2) is 0 Å². The summed E-state index contributed by atoms with van der Waals surface area (Å²) in [5, 5.41) is 27.1. The van der Waals surface area contributed by atoms with E-state index >= 15 is 0 Å². The minimum atomic E-state index is -1.42. The SMILES string of the molecule is CCC(C)C(N)C(=O)NC(Cc1ccccc1)C(=O)NC(C(=O)NC(CCSC)C(=O)O)C(C)O. The van der Waals surface area contributed by atoms with Crippen LogP contribution in [0.2, 0.25) is 0 Å². The highest BCUT2D eigenvalue weighted by atomic mass is 32.2. The fraction of sp³-hybridized carbons (Fsp3) is 0.583. The summed E-state index contributed by atoms with van der Waals surface area (Å²) in [4.78, 5) is 50.2. The predicted octanol–water partition coefficient (Wildman–Crippen LogP) is 0.275. The van der Waals surface area contributed by atoms with Crippen LogP contribution >= 0.6 is 11.8 Å². The Morgan fingerprint density at radius 2 is 1.57 bits per heavy atom. The molecule has 35 heavy (non-hydrogen) atoms. The molecule has 11 heteroatoms. The third kappa shape index (κ3) is 10.3. The smallest absolute Gasteiger partial charge is 0.326 e. The molecular weight excluding hydrogens is 472 g/mol. The van der Waals surface area contributed by atoms with E-state index < -0.39 is 54.0 Å². The van der Waals surface area contributed by atoms with E-state index in [2.05, 4.69) is 16.0 Å². The molecule has 3 amide bonds. The van der Waals surface area contributed by atoms with Crippen LogP contribution in [-0.4, -0.2) is 76.2 Å². The molecule has 1 aromatic carbocycles. The number of aliphatic hydroxyl groups is 1. The van der Waals surface area contributed by atoms with Gasteiger partial charge in [0.25, 0.3) is 0 Å². The molecule has 0 aliphatic heterocycles. The monoisotopic (exact) mass is 510 g/mol. The minimum Gasteiger partial charge on any atom is -0.480 e. The molecule has 0 saturated heterocycles. The number of carbonyl (C=O) groups is 4. The molecule has 0 aliphatic rings. The Hall–Kier alpha value is -2.63. The first kappa shape index (κ1) is 30.4. The first-order valence-electron chi connectivity index (χ1n) is 11.6. The number of amides is 3. The number of thioether (sulfide) groups is 1. The summed E-state index contributed by atoms with van der Waals surface area (Å²) in [5.74, 6) is -2.85. The molecule has 1 rings (SSSR count). The first-order valence-corrected chi connectivity index (χ1v) is 13.0. The van der Waals surface area contributed by atoms with Crippen molar-refractivity contribution in [3.8, 4) is 0 Å². The van der Waals surface area contributed by atoms with Crippen LogP contribution < -0.4 is 21.7 Å². The molecule has 6 unspecified atom stereocenters. The van der Waals surface area contributed by atoms with Crippen molar-refractivity contribution in [1.29, 1.82) is 0 Å². The van der Waals surface area contributed by atoms with Crippen molar-refractivity contribution in [3.63, 3.8) is 0 Å². The summed E-state index contributed by atoms with van der Waals surface area (Å²) >= 11 is 1.43. The summed E-state index contributed by atoms with van der Waals surface area (Å²) in [7, 11) is 0. The lowest BCUT2D eigenvalue weighted by molar-refractivity contribution is -0.143. The van der Waals surface area contributed by atoms with Gasteiger partial charge in [-0.15, -0.1) is 0 Å². The van der Waals surface area contributed by atoms with Gasteiger partial charge in [-0.2, -0.15) is 11.8 Å². The predicted molar refractivity (Wildman–Crippen MR) is 136 cm³/mol. The summed E-state index contributed by atoms with van der Waals surface area (Å²) < 4.78 is 0. The van der Waals surface area contributed by atoms with Crippen molar-refractivity contribution in [2.45, 2.75) is 70.3 Å². The number of benzene rings is 1. The molecule has 0 radical (unpaired) electrons. The summed E-state index contributed by atoms with van der Waals surface area (Å²) in [6, 6.07) is 4.52. The molecule has 0 saturated carbocycles. The van der Waals surface area contributed by atoms with E-state index in [0.29, 0.717) is 12.2 Å². The van der Waals surface area contributed by atoms with Crippen LogP contribution in [0.15, 0.2) is 30.3 Å². The van der Waals surface area contributed by atoms with Crippen molar-refractivity contribution < 1.29 is 29.4 Å². The summed E-state index contributed by atoms with van der Waals surface area (Å²) in [6.07, 6.45) is 1.49. The van der Waals surface area contributed by atoms with Crippen LogP contribution in [0.5, 0.6) is 0 Å².